The van der Waals surface area contributed by atoms with E-state index in [1.807, 2.05) is 0 Å². The molecule has 0 radical (unpaired) electrons. The van der Waals surface area contributed by atoms with E-state index in [1.165, 1.54) is 60.7 Å². The summed E-state index contributed by atoms with van der Waals surface area (Å²) in [7, 11) is -2.60. The molecule has 3 amide bonds. The van der Waals surface area contributed by atoms with Crippen molar-refractivity contribution in [3.8, 4) is 5.75 Å². The van der Waals surface area contributed by atoms with Gasteiger partial charge < -0.3 is 15.4 Å². The molecule has 0 saturated heterocycles. The molecule has 3 fully saturated rings. The predicted molar refractivity (Wildman–Crippen MR) is 171 cm³/mol. The number of nitrogens with one attached hydrogen (secondary N) is 4. The van der Waals surface area contributed by atoms with Crippen LogP contribution in [0.1, 0.15) is 44.1 Å². The lowest BCUT2D eigenvalue weighted by Gasteiger charge is -2.52. The first kappa shape index (κ1) is 33.6. The molecule has 12 nitrogen and oxygen atoms in total. The van der Waals surface area contributed by atoms with Gasteiger partial charge in [0.1, 0.15) is 23.0 Å². The maximum Gasteiger partial charge on any atom is 0.270 e. The van der Waals surface area contributed by atoms with E-state index in [2.05, 4.69) is 25.8 Å². The van der Waals surface area contributed by atoms with Gasteiger partial charge in [0, 0.05) is 19.2 Å². The second-order valence-corrected chi connectivity index (χ2v) is 14.5. The highest BCUT2D eigenvalue weighted by atomic mass is 35.5. The van der Waals surface area contributed by atoms with Crippen LogP contribution in [0.15, 0.2) is 75.8 Å². The quantitative estimate of drug-likeness (QED) is 0.294. The smallest absolute Gasteiger partial charge is 0.270 e. The van der Waals surface area contributed by atoms with Crippen LogP contribution >= 0.6 is 11.6 Å². The standard InChI is InChI=1S/C32H33ClF2N6O6S/c1-47-20-3-5-21(6-4-20)48(45,46)40-30(44)32-11-8-31(9-12-32,10-13-32)18-37-29(43)26-15-25(39-27-24(35)17-38-41(26)27)28(42)36-16-19-2-7-23(34)22(33)14-19/h2-7,14-15,38H,8-13,16-18H2,1H3,(H,36,42)(H,37,43)(H,40,44). The summed E-state index contributed by atoms with van der Waals surface area (Å²) in [5, 5.41) is 6.65. The molecule has 2 aromatic rings. The van der Waals surface area contributed by atoms with Gasteiger partial charge in [-0.25, -0.2) is 32.3 Å². The van der Waals surface area contributed by atoms with Crippen molar-refractivity contribution in [1.29, 1.82) is 0 Å². The third-order valence-electron chi connectivity index (χ3n) is 9.59. The van der Waals surface area contributed by atoms with Crippen molar-refractivity contribution >= 4 is 45.1 Å². The lowest BCUT2D eigenvalue weighted by atomic mass is 9.53. The summed E-state index contributed by atoms with van der Waals surface area (Å²) >= 11 is 5.82. The summed E-state index contributed by atoms with van der Waals surface area (Å²) in [6.07, 6.45) is 4.40. The van der Waals surface area contributed by atoms with Crippen molar-refractivity contribution in [1.82, 2.24) is 25.8 Å². The molecule has 2 heterocycles. The number of aliphatic imine (C=N–C) groups is 1. The van der Waals surface area contributed by atoms with Crippen LogP contribution in [0.2, 0.25) is 5.02 Å². The molecule has 3 saturated carbocycles. The number of benzene rings is 2. The summed E-state index contributed by atoms with van der Waals surface area (Å²) in [5.74, 6) is -2.71. The number of sulfonamides is 1. The first-order valence-corrected chi connectivity index (χ1v) is 17.1. The van der Waals surface area contributed by atoms with Gasteiger partial charge in [0.15, 0.2) is 11.6 Å². The molecular weight excluding hydrogens is 670 g/mol. The number of methoxy groups -OCH3 is 1. The normalized spacial score (nSPS) is 23.2. The van der Waals surface area contributed by atoms with Crippen LogP contribution in [-0.2, 0) is 31.0 Å². The van der Waals surface area contributed by atoms with Gasteiger partial charge in [0.05, 0.1) is 29.0 Å². The summed E-state index contributed by atoms with van der Waals surface area (Å²) < 4.78 is 61.3. The van der Waals surface area contributed by atoms with Crippen molar-refractivity contribution in [3.63, 3.8) is 0 Å². The Hall–Kier alpha value is -4.34. The Morgan fingerprint density at radius 3 is 2.33 bits per heavy atom. The van der Waals surface area contributed by atoms with E-state index in [1.54, 1.807) is 0 Å². The number of carbonyl (C=O) groups excluding carboxylic acids is 3. The van der Waals surface area contributed by atoms with Gasteiger partial charge in [0.2, 0.25) is 5.91 Å². The van der Waals surface area contributed by atoms with E-state index in [4.69, 9.17) is 16.3 Å². The second-order valence-electron chi connectivity index (χ2n) is 12.4. The minimum atomic E-state index is -4.07. The molecule has 7 rings (SSSR count). The van der Waals surface area contributed by atoms with E-state index < -0.39 is 44.8 Å². The molecule has 48 heavy (non-hydrogen) atoms. The number of hydrogen-bond donors (Lipinski definition) is 4. The van der Waals surface area contributed by atoms with Crippen molar-refractivity contribution in [2.75, 3.05) is 20.2 Å². The summed E-state index contributed by atoms with van der Waals surface area (Å²) in [6, 6.07) is 9.77. The number of rotatable bonds is 10. The number of halogens is 3. The number of nitrogens with zero attached hydrogens (tertiary/aromatic N) is 2. The van der Waals surface area contributed by atoms with Crippen molar-refractivity contribution < 1.29 is 36.3 Å². The van der Waals surface area contributed by atoms with Gasteiger partial charge in [-0.2, -0.15) is 0 Å². The van der Waals surface area contributed by atoms with Gasteiger partial charge in [-0.3, -0.25) is 19.4 Å². The van der Waals surface area contributed by atoms with Crippen LogP contribution < -0.4 is 25.5 Å². The van der Waals surface area contributed by atoms with Crippen LogP contribution in [0.4, 0.5) is 8.78 Å². The third kappa shape index (κ3) is 6.54. The third-order valence-corrected chi connectivity index (χ3v) is 11.2. The number of hydrazine groups is 1. The average Bonchev–Trinajstić information content (AvgIpc) is 3.48. The molecule has 0 spiro atoms. The summed E-state index contributed by atoms with van der Waals surface area (Å²) in [4.78, 5) is 43.9. The zero-order valence-electron chi connectivity index (χ0n) is 25.9. The first-order chi connectivity index (χ1) is 22.8. The highest BCUT2D eigenvalue weighted by molar-refractivity contribution is 7.90. The predicted octanol–water partition coefficient (Wildman–Crippen LogP) is 3.36. The van der Waals surface area contributed by atoms with Crippen molar-refractivity contribution in [2.24, 2.45) is 15.8 Å². The van der Waals surface area contributed by atoms with Gasteiger partial charge in [-0.15, -0.1) is 0 Å². The second kappa shape index (κ2) is 12.9. The Bertz CT molecular complexity index is 1860. The van der Waals surface area contributed by atoms with E-state index in [0.717, 1.165) is 0 Å². The van der Waals surface area contributed by atoms with Crippen molar-refractivity contribution in [2.45, 2.75) is 50.0 Å². The zero-order chi connectivity index (χ0) is 34.3. The number of fused-ring (bicyclic) bond motifs is 4. The van der Waals surface area contributed by atoms with Crippen molar-refractivity contribution in [3.05, 3.63) is 82.3 Å². The molecule has 2 bridgehead atoms. The van der Waals surface area contributed by atoms with E-state index >= 15 is 0 Å². The molecule has 0 atom stereocenters. The Morgan fingerprint density at radius 1 is 1.00 bits per heavy atom. The number of hydrogen-bond acceptors (Lipinski definition) is 9. The van der Waals surface area contributed by atoms with Crippen LogP contribution in [0, 0.1) is 16.6 Å². The highest BCUT2D eigenvalue weighted by Crippen LogP contribution is 2.56. The minimum absolute atomic E-state index is 0.00777. The molecule has 2 aromatic carbocycles. The maximum absolute atomic E-state index is 14.6. The fourth-order valence-corrected chi connectivity index (χ4v) is 7.83. The average molecular weight is 703 g/mol. The topological polar surface area (TPSA) is 158 Å². The molecule has 3 aliphatic carbocycles. The molecule has 16 heteroatoms. The van der Waals surface area contributed by atoms with Gasteiger partial charge >= 0.3 is 0 Å². The Kier molecular flexibility index (Phi) is 9.04. The number of amides is 3. The molecule has 254 valence electrons. The molecular formula is C32H33ClF2N6O6S. The molecule has 0 aromatic heterocycles. The largest absolute Gasteiger partial charge is 0.497 e. The monoisotopic (exact) mass is 702 g/mol. The summed E-state index contributed by atoms with van der Waals surface area (Å²) in [6.45, 7) is 0.0469. The van der Waals surface area contributed by atoms with Crippen LogP contribution in [0.5, 0.6) is 5.75 Å². The minimum Gasteiger partial charge on any atom is -0.497 e. The zero-order valence-corrected chi connectivity index (χ0v) is 27.4. The van der Waals surface area contributed by atoms with Crippen LogP contribution in [0.25, 0.3) is 0 Å². The van der Waals surface area contributed by atoms with Crippen LogP contribution in [-0.4, -0.2) is 57.1 Å². The van der Waals surface area contributed by atoms with Gasteiger partial charge in [-0.1, -0.05) is 17.7 Å². The maximum atomic E-state index is 14.6. The van der Waals surface area contributed by atoms with Gasteiger partial charge in [-0.05, 0) is 85.9 Å². The van der Waals surface area contributed by atoms with Gasteiger partial charge in [0.25, 0.3) is 21.8 Å². The Morgan fingerprint density at radius 2 is 1.69 bits per heavy atom. The van der Waals surface area contributed by atoms with E-state index in [0.29, 0.717) is 49.8 Å². The number of ether oxygens (including phenoxy) is 1. The first-order valence-electron chi connectivity index (χ1n) is 15.3. The highest BCUT2D eigenvalue weighted by Gasteiger charge is 2.53. The lowest BCUT2D eigenvalue weighted by molar-refractivity contribution is -0.139. The molecule has 0 unspecified atom stereocenters. The fraction of sp³-hybridized carbons (Fsp3) is 0.375. The fourth-order valence-electron chi connectivity index (χ4n) is 6.55. The summed E-state index contributed by atoms with van der Waals surface area (Å²) in [5.41, 5.74) is 1.94. The molecule has 4 N–H and O–H groups in total. The lowest BCUT2D eigenvalue weighted by Crippen LogP contribution is -2.54. The Labute approximate surface area is 280 Å². The van der Waals surface area contributed by atoms with Crippen LogP contribution in [0.3, 0.4) is 0 Å². The molecule has 2 aliphatic heterocycles. The number of carbonyl (C=O) groups is 3. The van der Waals surface area contributed by atoms with E-state index in [9.17, 15) is 31.6 Å². The SMILES string of the molecule is COc1ccc(S(=O)(=O)NC(=O)C23CCC(CNC(=O)C4=CC(C(=O)NCc5ccc(F)c(Cl)c5)=NC5=C(F)CNN45)(CC2)CC3)cc1. The van der Waals surface area contributed by atoms with E-state index in [-0.39, 0.29) is 52.2 Å². The Balaban J connectivity index is 1.08. The molecule has 5 aliphatic rings.